The Morgan fingerprint density at radius 3 is 1.43 bits per heavy atom. The summed E-state index contributed by atoms with van der Waals surface area (Å²) in [6, 6.07) is 97.7. The van der Waals surface area contributed by atoms with Crippen LogP contribution in [0.1, 0.15) is 23.6 Å². The summed E-state index contributed by atoms with van der Waals surface area (Å²) in [5.74, 6) is 0. The maximum absolute atomic E-state index is 2.47. The predicted octanol–water partition coefficient (Wildman–Crippen LogP) is 18.0. The second-order valence-electron chi connectivity index (χ2n) is 17.7. The van der Waals surface area contributed by atoms with Crippen LogP contribution in [-0.2, 0) is 5.41 Å². The minimum Gasteiger partial charge on any atom is -0.309 e. The number of hydrogen-bond donors (Lipinski definition) is 0. The lowest BCUT2D eigenvalue weighted by Crippen LogP contribution is -2.22. The van der Waals surface area contributed by atoms with E-state index in [4.69, 9.17) is 0 Å². The second kappa shape index (κ2) is 16.8. The van der Waals surface area contributed by atoms with E-state index in [0.717, 1.165) is 33.8 Å². The zero-order valence-corrected chi connectivity index (χ0v) is 37.4. The van der Waals surface area contributed by atoms with Gasteiger partial charge in [-0.25, -0.2) is 0 Å². The molecular weight excluding hydrogens is 807 g/mol. The highest BCUT2D eigenvalue weighted by Crippen LogP contribution is 2.53. The maximum atomic E-state index is 2.47. The molecule has 0 aromatic heterocycles. The van der Waals surface area contributed by atoms with Crippen molar-refractivity contribution in [2.45, 2.75) is 12.3 Å². The zero-order chi connectivity index (χ0) is 44.7. The van der Waals surface area contributed by atoms with Crippen molar-refractivity contribution in [1.29, 1.82) is 0 Å². The highest BCUT2D eigenvalue weighted by Gasteiger charge is 2.40. The van der Waals surface area contributed by atoms with E-state index in [1.807, 2.05) is 0 Å². The van der Waals surface area contributed by atoms with Crippen molar-refractivity contribution in [2.75, 3.05) is 4.90 Å². The molecule has 0 spiro atoms. The summed E-state index contributed by atoms with van der Waals surface area (Å²) in [5, 5.41) is 2.45. The van der Waals surface area contributed by atoms with Crippen LogP contribution in [0.3, 0.4) is 0 Å². The van der Waals surface area contributed by atoms with Gasteiger partial charge in [-0.2, -0.15) is 0 Å². The van der Waals surface area contributed by atoms with Crippen molar-refractivity contribution in [2.24, 2.45) is 0 Å². The minimum atomic E-state index is -0.269. The van der Waals surface area contributed by atoms with Gasteiger partial charge in [-0.05, 0) is 120 Å². The lowest BCUT2D eigenvalue weighted by atomic mass is 9.74. The van der Waals surface area contributed by atoms with Crippen LogP contribution in [0.2, 0.25) is 0 Å². The highest BCUT2D eigenvalue weighted by atomic mass is 15.1. The molecule has 1 atom stereocenters. The van der Waals surface area contributed by atoms with Crippen molar-refractivity contribution < 1.29 is 0 Å². The van der Waals surface area contributed by atoms with Crippen LogP contribution in [0, 0.1) is 0 Å². The molecule has 1 aliphatic rings. The largest absolute Gasteiger partial charge is 0.309 e. The van der Waals surface area contributed by atoms with E-state index >= 15 is 0 Å². The summed E-state index contributed by atoms with van der Waals surface area (Å²) in [6.07, 6.45) is 0. The number of benzene rings is 11. The van der Waals surface area contributed by atoms with E-state index in [1.54, 1.807) is 0 Å². The lowest BCUT2D eigenvalue weighted by molar-refractivity contribution is 0.714. The lowest BCUT2D eigenvalue weighted by Gasteiger charge is -2.30. The van der Waals surface area contributed by atoms with Gasteiger partial charge < -0.3 is 4.90 Å². The van der Waals surface area contributed by atoms with E-state index in [-0.39, 0.29) is 5.41 Å². The number of para-hydroxylation sites is 2. The molecule has 0 saturated carbocycles. The van der Waals surface area contributed by atoms with Gasteiger partial charge in [0.15, 0.2) is 0 Å². The average Bonchev–Trinajstić information content (AvgIpc) is 3.67. The Kier molecular flexibility index (Phi) is 10.0. The molecule has 1 unspecified atom stereocenters. The predicted molar refractivity (Wildman–Crippen MR) is 283 cm³/mol. The zero-order valence-electron chi connectivity index (χ0n) is 37.4. The third kappa shape index (κ3) is 6.96. The number of fused-ring (bicyclic) bond motifs is 4. The van der Waals surface area contributed by atoms with Crippen molar-refractivity contribution in [1.82, 2.24) is 0 Å². The quantitative estimate of drug-likeness (QED) is 0.140. The van der Waals surface area contributed by atoms with E-state index < -0.39 is 0 Å². The fraction of sp³-hybridized carbons (Fsp3) is 0.0303. The Labute approximate surface area is 393 Å². The Balaban J connectivity index is 1.02. The Morgan fingerprint density at radius 2 is 0.731 bits per heavy atom. The molecule has 0 heterocycles. The Bertz CT molecular complexity index is 3550. The first-order valence-corrected chi connectivity index (χ1v) is 23.3. The molecule has 1 nitrogen and oxygen atoms in total. The molecule has 11 aromatic rings. The summed E-state index contributed by atoms with van der Waals surface area (Å²) in [4.78, 5) is 2.47. The summed E-state index contributed by atoms with van der Waals surface area (Å²) in [7, 11) is 0. The second-order valence-corrected chi connectivity index (χ2v) is 17.7. The summed E-state index contributed by atoms with van der Waals surface area (Å²) in [6.45, 7) is 2.39. The summed E-state index contributed by atoms with van der Waals surface area (Å²) in [5.41, 5.74) is 21.5. The first-order valence-electron chi connectivity index (χ1n) is 23.3. The van der Waals surface area contributed by atoms with E-state index in [9.17, 15) is 0 Å². The molecule has 0 amide bonds. The van der Waals surface area contributed by atoms with Gasteiger partial charge in [-0.3, -0.25) is 0 Å². The smallest absolute Gasteiger partial charge is 0.0540 e. The molecule has 0 fully saturated rings. The molecule has 0 saturated heterocycles. The maximum Gasteiger partial charge on any atom is 0.0540 e. The van der Waals surface area contributed by atoms with E-state index in [2.05, 4.69) is 279 Å². The molecule has 1 aliphatic carbocycles. The van der Waals surface area contributed by atoms with Crippen LogP contribution in [0.4, 0.5) is 17.1 Å². The van der Waals surface area contributed by atoms with Gasteiger partial charge in [0.25, 0.3) is 0 Å². The van der Waals surface area contributed by atoms with Crippen molar-refractivity contribution in [3.63, 3.8) is 0 Å². The number of rotatable bonds is 9. The number of anilines is 3. The van der Waals surface area contributed by atoms with Crippen LogP contribution < -0.4 is 4.90 Å². The molecular formula is C66H47N. The van der Waals surface area contributed by atoms with Crippen LogP contribution in [0.25, 0.3) is 77.5 Å². The third-order valence-corrected chi connectivity index (χ3v) is 14.0. The van der Waals surface area contributed by atoms with E-state index in [1.165, 1.54) is 77.5 Å². The van der Waals surface area contributed by atoms with Gasteiger partial charge in [-0.1, -0.05) is 237 Å². The van der Waals surface area contributed by atoms with Crippen molar-refractivity contribution in [3.8, 4) is 66.8 Å². The third-order valence-electron chi connectivity index (χ3n) is 14.0. The average molecular weight is 854 g/mol. The van der Waals surface area contributed by atoms with Crippen LogP contribution in [0.5, 0.6) is 0 Å². The van der Waals surface area contributed by atoms with Gasteiger partial charge in [-0.15, -0.1) is 0 Å². The normalized spacial score (nSPS) is 13.8. The fourth-order valence-electron chi connectivity index (χ4n) is 10.7. The minimum absolute atomic E-state index is 0.269. The first kappa shape index (κ1) is 40.0. The SMILES string of the molecule is CC1(c2ccccc2)c2ccccc2-c2ccc(-c3ccc(N(c4ccccc4-c4ccc(-c5ccccc5)cc4)c4ccccc4-c4cccc5cccc(-c6ccccc6)c45)cc3)cc21. The molecule has 0 radical (unpaired) electrons. The summed E-state index contributed by atoms with van der Waals surface area (Å²) < 4.78 is 0. The van der Waals surface area contributed by atoms with Crippen LogP contribution in [-0.4, -0.2) is 0 Å². The fourth-order valence-corrected chi connectivity index (χ4v) is 10.7. The van der Waals surface area contributed by atoms with Gasteiger partial charge in [0.1, 0.15) is 0 Å². The molecule has 67 heavy (non-hydrogen) atoms. The summed E-state index contributed by atoms with van der Waals surface area (Å²) >= 11 is 0. The van der Waals surface area contributed by atoms with Crippen LogP contribution in [0.15, 0.2) is 267 Å². The Morgan fingerprint density at radius 1 is 0.284 bits per heavy atom. The van der Waals surface area contributed by atoms with Crippen LogP contribution >= 0.6 is 0 Å². The molecule has 12 rings (SSSR count). The molecule has 1 heteroatoms. The van der Waals surface area contributed by atoms with Crippen molar-refractivity contribution >= 4 is 27.8 Å². The Hall–Kier alpha value is -8.52. The molecule has 0 bridgehead atoms. The topological polar surface area (TPSA) is 3.24 Å². The van der Waals surface area contributed by atoms with E-state index in [0.29, 0.717) is 0 Å². The number of hydrogen-bond acceptors (Lipinski definition) is 1. The molecule has 0 N–H and O–H groups in total. The number of nitrogens with zero attached hydrogens (tertiary/aromatic N) is 1. The van der Waals surface area contributed by atoms with Crippen molar-refractivity contribution in [3.05, 3.63) is 284 Å². The molecule has 0 aliphatic heterocycles. The van der Waals surface area contributed by atoms with Gasteiger partial charge >= 0.3 is 0 Å². The van der Waals surface area contributed by atoms with Gasteiger partial charge in [0.05, 0.1) is 11.4 Å². The van der Waals surface area contributed by atoms with Gasteiger partial charge in [0, 0.05) is 22.2 Å². The first-order chi connectivity index (χ1) is 33.1. The highest BCUT2D eigenvalue weighted by molar-refractivity contribution is 6.09. The van der Waals surface area contributed by atoms with Gasteiger partial charge in [0.2, 0.25) is 0 Å². The standard InChI is InChI=1S/C66H47N/c1-66(53-25-9-4-10-26-53)61-32-14-11-28-57(61)58-44-41-52(45-62(58)66)48-39-42-54(43-40-48)67(63-33-15-12-27-55(63)50-37-35-47(36-38-50)46-19-5-2-6-20-46)64-34-16-13-29-59(64)60-31-18-24-51-23-17-30-56(65(51)60)49-21-7-3-8-22-49/h2-45H,1H3. The monoisotopic (exact) mass is 853 g/mol. The molecule has 316 valence electrons. The molecule has 11 aromatic carbocycles.